The summed E-state index contributed by atoms with van der Waals surface area (Å²) >= 11 is 3.17. The van der Waals surface area contributed by atoms with E-state index in [-0.39, 0.29) is 23.6 Å². The first-order chi connectivity index (χ1) is 9.63. The van der Waals surface area contributed by atoms with Gasteiger partial charge >= 0.3 is 0 Å². The molecule has 2 amide bonds. The first-order valence-corrected chi connectivity index (χ1v) is 7.78. The number of rotatable bonds is 3. The molecule has 0 aromatic carbocycles. The minimum atomic E-state index is -0.262. The minimum Gasteiger partial charge on any atom is -0.444 e. The van der Waals surface area contributed by atoms with Crippen LogP contribution >= 0.6 is 15.9 Å². The molecule has 5 nitrogen and oxygen atoms in total. The summed E-state index contributed by atoms with van der Waals surface area (Å²) in [5, 5.41) is 2.88. The second-order valence-corrected chi connectivity index (χ2v) is 6.24. The zero-order valence-electron chi connectivity index (χ0n) is 11.1. The molecule has 1 aliphatic carbocycles. The standard InChI is InChI=1S/C14H17BrN2O3/c15-12-6-5-11(20-12)14(19)16-9-7-13(18)17(8-9)10-3-1-2-4-10/h5-6,9-10H,1-4,7-8H2,(H,16,19). The maximum Gasteiger partial charge on any atom is 0.287 e. The molecule has 0 radical (unpaired) electrons. The lowest BCUT2D eigenvalue weighted by atomic mass is 10.2. The van der Waals surface area contributed by atoms with E-state index in [2.05, 4.69) is 21.2 Å². The highest BCUT2D eigenvalue weighted by Crippen LogP contribution is 2.27. The van der Waals surface area contributed by atoms with Crippen molar-refractivity contribution in [3.63, 3.8) is 0 Å². The number of amides is 2. The summed E-state index contributed by atoms with van der Waals surface area (Å²) in [4.78, 5) is 26.0. The van der Waals surface area contributed by atoms with Crippen molar-refractivity contribution in [1.82, 2.24) is 10.2 Å². The van der Waals surface area contributed by atoms with E-state index >= 15 is 0 Å². The summed E-state index contributed by atoms with van der Waals surface area (Å²) in [5.41, 5.74) is 0. The van der Waals surface area contributed by atoms with Crippen molar-refractivity contribution in [2.75, 3.05) is 6.54 Å². The van der Waals surface area contributed by atoms with Crippen molar-refractivity contribution < 1.29 is 14.0 Å². The van der Waals surface area contributed by atoms with Crippen LogP contribution in [0.4, 0.5) is 0 Å². The molecule has 0 bridgehead atoms. The Labute approximate surface area is 125 Å². The lowest BCUT2D eigenvalue weighted by molar-refractivity contribution is -0.129. The van der Waals surface area contributed by atoms with E-state index in [4.69, 9.17) is 4.42 Å². The van der Waals surface area contributed by atoms with Gasteiger partial charge in [-0.15, -0.1) is 0 Å². The molecule has 1 saturated carbocycles. The molecule has 1 aliphatic heterocycles. The number of hydrogen-bond acceptors (Lipinski definition) is 3. The summed E-state index contributed by atoms with van der Waals surface area (Å²) in [7, 11) is 0. The Bertz CT molecular complexity index is 522. The van der Waals surface area contributed by atoms with Gasteiger partial charge in [-0.05, 0) is 40.9 Å². The van der Waals surface area contributed by atoms with Crippen LogP contribution in [0.5, 0.6) is 0 Å². The predicted molar refractivity (Wildman–Crippen MR) is 76.2 cm³/mol. The normalized spacial score (nSPS) is 23.6. The molecule has 2 fully saturated rings. The molecule has 1 unspecified atom stereocenters. The van der Waals surface area contributed by atoms with Gasteiger partial charge in [0.05, 0.1) is 6.04 Å². The Morgan fingerprint density at radius 1 is 1.35 bits per heavy atom. The van der Waals surface area contributed by atoms with Gasteiger partial charge in [-0.3, -0.25) is 9.59 Å². The van der Waals surface area contributed by atoms with Crippen molar-refractivity contribution in [2.24, 2.45) is 0 Å². The molecule has 20 heavy (non-hydrogen) atoms. The fraction of sp³-hybridized carbons (Fsp3) is 0.571. The van der Waals surface area contributed by atoms with E-state index in [0.29, 0.717) is 23.7 Å². The van der Waals surface area contributed by atoms with Gasteiger partial charge in [0.1, 0.15) is 0 Å². The van der Waals surface area contributed by atoms with Gasteiger partial charge in [-0.1, -0.05) is 12.8 Å². The highest BCUT2D eigenvalue weighted by molar-refractivity contribution is 9.10. The van der Waals surface area contributed by atoms with Crippen LogP contribution < -0.4 is 5.32 Å². The van der Waals surface area contributed by atoms with Gasteiger partial charge in [0, 0.05) is 19.0 Å². The summed E-state index contributed by atoms with van der Waals surface area (Å²) in [6.45, 7) is 0.622. The molecule has 2 heterocycles. The molecule has 1 saturated heterocycles. The molecular weight excluding hydrogens is 324 g/mol. The van der Waals surface area contributed by atoms with Crippen molar-refractivity contribution in [3.05, 3.63) is 22.6 Å². The van der Waals surface area contributed by atoms with Crippen LogP contribution in [0.3, 0.4) is 0 Å². The predicted octanol–water partition coefficient (Wildman–Crippen LogP) is 2.32. The third-order valence-corrected chi connectivity index (χ3v) is 4.48. The first-order valence-electron chi connectivity index (χ1n) is 6.99. The van der Waals surface area contributed by atoms with Gasteiger partial charge in [-0.25, -0.2) is 0 Å². The van der Waals surface area contributed by atoms with E-state index < -0.39 is 0 Å². The summed E-state index contributed by atoms with van der Waals surface area (Å²) in [6, 6.07) is 3.56. The number of nitrogens with zero attached hydrogens (tertiary/aromatic N) is 1. The van der Waals surface area contributed by atoms with E-state index in [1.807, 2.05) is 4.90 Å². The Kier molecular flexibility index (Phi) is 3.83. The fourth-order valence-electron chi connectivity index (χ4n) is 3.09. The number of halogens is 1. The minimum absolute atomic E-state index is 0.112. The van der Waals surface area contributed by atoms with Crippen LogP contribution in [0, 0.1) is 0 Å². The van der Waals surface area contributed by atoms with Crippen molar-refractivity contribution in [2.45, 2.75) is 44.2 Å². The van der Waals surface area contributed by atoms with Crippen molar-refractivity contribution in [1.29, 1.82) is 0 Å². The van der Waals surface area contributed by atoms with Crippen LogP contribution in [0.15, 0.2) is 21.2 Å². The molecule has 3 rings (SSSR count). The maximum atomic E-state index is 12.0. The van der Waals surface area contributed by atoms with Gasteiger partial charge in [0.2, 0.25) is 5.91 Å². The monoisotopic (exact) mass is 340 g/mol. The van der Waals surface area contributed by atoms with E-state index in [1.54, 1.807) is 12.1 Å². The van der Waals surface area contributed by atoms with Gasteiger partial charge in [-0.2, -0.15) is 0 Å². The highest BCUT2D eigenvalue weighted by atomic mass is 79.9. The average molecular weight is 341 g/mol. The Morgan fingerprint density at radius 3 is 2.75 bits per heavy atom. The number of nitrogens with one attached hydrogen (secondary N) is 1. The Balaban J connectivity index is 1.59. The van der Waals surface area contributed by atoms with E-state index in [9.17, 15) is 9.59 Å². The molecule has 0 spiro atoms. The van der Waals surface area contributed by atoms with Crippen molar-refractivity contribution in [3.8, 4) is 0 Å². The Hall–Kier alpha value is -1.30. The molecule has 1 aromatic rings. The smallest absolute Gasteiger partial charge is 0.287 e. The maximum absolute atomic E-state index is 12.0. The van der Waals surface area contributed by atoms with Gasteiger partial charge in [0.25, 0.3) is 5.91 Å². The summed E-state index contributed by atoms with van der Waals surface area (Å²) < 4.78 is 5.74. The van der Waals surface area contributed by atoms with E-state index in [1.165, 1.54) is 12.8 Å². The fourth-order valence-corrected chi connectivity index (χ4v) is 3.40. The molecule has 1 aromatic heterocycles. The topological polar surface area (TPSA) is 62.6 Å². The highest BCUT2D eigenvalue weighted by Gasteiger charge is 2.36. The number of carbonyl (C=O) groups is 2. The zero-order chi connectivity index (χ0) is 14.1. The zero-order valence-corrected chi connectivity index (χ0v) is 12.7. The number of carbonyl (C=O) groups excluding carboxylic acids is 2. The van der Waals surface area contributed by atoms with Gasteiger partial charge < -0.3 is 14.6 Å². The quantitative estimate of drug-likeness (QED) is 0.918. The number of furan rings is 1. The largest absolute Gasteiger partial charge is 0.444 e. The molecule has 6 heteroatoms. The van der Waals surface area contributed by atoms with Crippen LogP contribution in [0.1, 0.15) is 42.7 Å². The molecular formula is C14H17BrN2O3. The molecule has 108 valence electrons. The molecule has 1 N–H and O–H groups in total. The van der Waals surface area contributed by atoms with Crippen LogP contribution in [-0.4, -0.2) is 35.3 Å². The van der Waals surface area contributed by atoms with Crippen LogP contribution in [0.25, 0.3) is 0 Å². The molecule has 2 aliphatic rings. The first kappa shape index (κ1) is 13.7. The summed E-state index contributed by atoms with van der Waals surface area (Å²) in [5.74, 6) is 0.160. The SMILES string of the molecule is O=C(NC1CC(=O)N(C2CCCC2)C1)c1ccc(Br)o1. The summed E-state index contributed by atoms with van der Waals surface area (Å²) in [6.07, 6.45) is 4.98. The number of likely N-dealkylation sites (tertiary alicyclic amines) is 1. The Morgan fingerprint density at radius 2 is 2.10 bits per heavy atom. The van der Waals surface area contributed by atoms with Crippen molar-refractivity contribution >= 4 is 27.7 Å². The lowest BCUT2D eigenvalue weighted by Crippen LogP contribution is -2.39. The third-order valence-electron chi connectivity index (χ3n) is 4.06. The number of hydrogen-bond donors (Lipinski definition) is 1. The van der Waals surface area contributed by atoms with Crippen LogP contribution in [0.2, 0.25) is 0 Å². The third kappa shape index (κ3) is 2.75. The second-order valence-electron chi connectivity index (χ2n) is 5.46. The average Bonchev–Trinajstić information content (AvgIpc) is 3.10. The van der Waals surface area contributed by atoms with Crippen LogP contribution in [-0.2, 0) is 4.79 Å². The van der Waals surface area contributed by atoms with Gasteiger partial charge in [0.15, 0.2) is 10.4 Å². The van der Waals surface area contributed by atoms with E-state index in [0.717, 1.165) is 12.8 Å². The molecule has 1 atom stereocenters. The second kappa shape index (κ2) is 5.60. The lowest BCUT2D eigenvalue weighted by Gasteiger charge is -2.24.